The van der Waals surface area contributed by atoms with Crippen molar-refractivity contribution >= 4 is 23.1 Å². The second-order valence-electron chi connectivity index (χ2n) is 8.59. The molecule has 1 aliphatic rings. The van der Waals surface area contributed by atoms with Gasteiger partial charge in [0, 0.05) is 18.5 Å². The summed E-state index contributed by atoms with van der Waals surface area (Å²) in [7, 11) is 0. The first kappa shape index (κ1) is 25.9. The summed E-state index contributed by atoms with van der Waals surface area (Å²) in [6.45, 7) is 2.24. The largest absolute Gasteiger partial charge is 0.434 e. The lowest BCUT2D eigenvalue weighted by Crippen LogP contribution is -2.57. The number of aryl methyl sites for hydroxylation is 1. The molecule has 4 rings (SSSR count). The number of anilines is 1. The maximum atomic E-state index is 14.5. The Morgan fingerprint density at radius 3 is 2.58 bits per heavy atom. The number of thiazole rings is 1. The Hall–Kier alpha value is -3.22. The van der Waals surface area contributed by atoms with Crippen LogP contribution >= 0.6 is 11.3 Å². The van der Waals surface area contributed by atoms with Gasteiger partial charge in [-0.1, -0.05) is 25.1 Å². The van der Waals surface area contributed by atoms with E-state index < -0.39 is 54.4 Å². The molecule has 1 saturated heterocycles. The minimum absolute atomic E-state index is 0.00326. The molecule has 1 N–H and O–H groups in total. The molecule has 36 heavy (non-hydrogen) atoms. The fraction of sp³-hybridized carbons (Fsp3) is 0.391. The van der Waals surface area contributed by atoms with Crippen LogP contribution in [-0.4, -0.2) is 50.8 Å². The summed E-state index contributed by atoms with van der Waals surface area (Å²) < 4.78 is 81.8. The number of hydrogen-bond donors (Lipinski definition) is 1. The van der Waals surface area contributed by atoms with Crippen LogP contribution in [0.4, 0.5) is 32.2 Å². The number of alkyl halides is 5. The zero-order valence-corrected chi connectivity index (χ0v) is 19.9. The number of likely N-dealkylation sites (tertiary alicyclic amines) is 1. The van der Waals surface area contributed by atoms with Gasteiger partial charge in [0.2, 0.25) is 0 Å². The molecule has 0 aliphatic carbocycles. The summed E-state index contributed by atoms with van der Waals surface area (Å²) in [5, 5.41) is 3.25. The second kappa shape index (κ2) is 9.68. The Kier molecular flexibility index (Phi) is 6.95. The number of aromatic nitrogens is 3. The average molecular weight is 530 g/mol. The predicted molar refractivity (Wildman–Crippen MR) is 121 cm³/mol. The highest BCUT2D eigenvalue weighted by Gasteiger charge is 2.47. The number of hydrogen-bond acceptors (Lipinski definition) is 6. The molecule has 2 aromatic heterocycles. The third-order valence-electron chi connectivity index (χ3n) is 5.83. The fourth-order valence-electron chi connectivity index (χ4n) is 4.19. The van der Waals surface area contributed by atoms with E-state index in [9.17, 15) is 31.1 Å². The van der Waals surface area contributed by atoms with Gasteiger partial charge in [0.05, 0.1) is 34.9 Å². The highest BCUT2D eigenvalue weighted by atomic mass is 32.1. The normalized spacial score (nSPS) is 19.8. The van der Waals surface area contributed by atoms with Crippen LogP contribution in [0.25, 0.3) is 10.4 Å². The highest BCUT2D eigenvalue weighted by molar-refractivity contribution is 7.15. The van der Waals surface area contributed by atoms with E-state index in [0.717, 1.165) is 22.4 Å². The summed E-state index contributed by atoms with van der Waals surface area (Å²) in [6.07, 6.45) is -3.70. The molecule has 1 aromatic carbocycles. The maximum absolute atomic E-state index is 14.5. The molecule has 2 atom stereocenters. The maximum Gasteiger partial charge on any atom is 0.434 e. The van der Waals surface area contributed by atoms with Crippen molar-refractivity contribution in [1.82, 2.24) is 19.9 Å². The number of carbonyl (C=O) groups excluding carboxylic acids is 1. The van der Waals surface area contributed by atoms with Crippen molar-refractivity contribution in [3.05, 3.63) is 58.9 Å². The summed E-state index contributed by atoms with van der Waals surface area (Å²) in [5.74, 6) is -5.20. The van der Waals surface area contributed by atoms with Crippen LogP contribution in [0.2, 0.25) is 0 Å². The Balaban J connectivity index is 1.62. The molecular formula is C23H21F6N5OS. The SMILES string of the molecule is Cc1nc(C(=O)N2CC(F)(F)C[C@@H](C)C2CNc2cnc(C(F)(F)F)cn2)c(-c2ccccc2F)s1. The Morgan fingerprint density at radius 2 is 1.94 bits per heavy atom. The van der Waals surface area contributed by atoms with Gasteiger partial charge in [0.25, 0.3) is 11.8 Å². The molecule has 3 heterocycles. The van der Waals surface area contributed by atoms with E-state index in [1.165, 1.54) is 18.2 Å². The Morgan fingerprint density at radius 1 is 1.22 bits per heavy atom. The predicted octanol–water partition coefficient (Wildman–Crippen LogP) is 5.66. The van der Waals surface area contributed by atoms with Crippen LogP contribution in [0.3, 0.4) is 0 Å². The molecule has 13 heteroatoms. The van der Waals surface area contributed by atoms with Crippen LogP contribution in [0.1, 0.15) is 34.5 Å². The molecule has 6 nitrogen and oxygen atoms in total. The van der Waals surface area contributed by atoms with Crippen molar-refractivity contribution in [3.63, 3.8) is 0 Å². The van der Waals surface area contributed by atoms with Crippen LogP contribution in [-0.2, 0) is 6.18 Å². The van der Waals surface area contributed by atoms with E-state index in [-0.39, 0.29) is 28.5 Å². The van der Waals surface area contributed by atoms with Gasteiger partial charge < -0.3 is 10.2 Å². The van der Waals surface area contributed by atoms with E-state index >= 15 is 0 Å². The van der Waals surface area contributed by atoms with E-state index in [0.29, 0.717) is 11.2 Å². The Bertz CT molecular complexity index is 1250. The molecule has 1 amide bonds. The summed E-state index contributed by atoms with van der Waals surface area (Å²) in [6, 6.07) is 5.03. The number of rotatable bonds is 5. The monoisotopic (exact) mass is 529 g/mol. The zero-order valence-electron chi connectivity index (χ0n) is 19.1. The average Bonchev–Trinajstić information content (AvgIpc) is 3.18. The molecule has 0 radical (unpaired) electrons. The van der Waals surface area contributed by atoms with E-state index in [2.05, 4.69) is 20.3 Å². The zero-order chi connectivity index (χ0) is 26.3. The lowest BCUT2D eigenvalue weighted by Gasteiger charge is -2.43. The molecule has 0 saturated carbocycles. The number of piperidine rings is 1. The molecule has 0 spiro atoms. The van der Waals surface area contributed by atoms with Crippen LogP contribution < -0.4 is 5.32 Å². The third-order valence-corrected chi connectivity index (χ3v) is 6.83. The highest BCUT2D eigenvalue weighted by Crippen LogP contribution is 2.38. The second-order valence-corrected chi connectivity index (χ2v) is 9.80. The molecule has 1 fully saturated rings. The lowest BCUT2D eigenvalue weighted by molar-refractivity contribution is -0.141. The summed E-state index contributed by atoms with van der Waals surface area (Å²) >= 11 is 1.08. The number of nitrogens with one attached hydrogen (secondary N) is 1. The summed E-state index contributed by atoms with van der Waals surface area (Å²) in [4.78, 5) is 26.0. The first-order valence-electron chi connectivity index (χ1n) is 10.9. The van der Waals surface area contributed by atoms with Crippen molar-refractivity contribution in [2.24, 2.45) is 5.92 Å². The molecule has 1 unspecified atom stereocenters. The van der Waals surface area contributed by atoms with Gasteiger partial charge in [-0.25, -0.2) is 28.1 Å². The number of benzene rings is 1. The number of carbonyl (C=O) groups is 1. The topological polar surface area (TPSA) is 71.0 Å². The standard InChI is InChI=1S/C23H21F6N5OS/c1-12-7-22(25,26)11-34(16(12)8-31-18-10-30-17(9-32-18)23(27,28)29)21(35)19-20(36-13(2)33-19)14-5-3-4-6-15(14)24/h3-6,9-10,12,16H,7-8,11H2,1-2H3,(H,31,32)/t12-,16?/m1/s1. The Labute approximate surface area is 206 Å². The fourth-order valence-corrected chi connectivity index (χ4v) is 5.13. The van der Waals surface area contributed by atoms with Crippen molar-refractivity contribution in [2.75, 3.05) is 18.4 Å². The van der Waals surface area contributed by atoms with E-state index in [1.54, 1.807) is 19.9 Å². The van der Waals surface area contributed by atoms with Crippen molar-refractivity contribution in [1.29, 1.82) is 0 Å². The first-order chi connectivity index (χ1) is 16.9. The van der Waals surface area contributed by atoms with E-state index in [1.807, 2.05) is 0 Å². The van der Waals surface area contributed by atoms with Crippen molar-refractivity contribution < 1.29 is 31.1 Å². The van der Waals surface area contributed by atoms with Crippen LogP contribution in [0.15, 0.2) is 36.7 Å². The first-order valence-corrected chi connectivity index (χ1v) is 11.7. The van der Waals surface area contributed by atoms with Crippen molar-refractivity contribution in [3.8, 4) is 10.4 Å². The quantitative estimate of drug-likeness (QED) is 0.432. The summed E-state index contributed by atoms with van der Waals surface area (Å²) in [5.41, 5.74) is -1.17. The minimum atomic E-state index is -4.65. The van der Waals surface area contributed by atoms with Crippen molar-refractivity contribution in [2.45, 2.75) is 38.4 Å². The lowest BCUT2D eigenvalue weighted by atomic mass is 9.88. The van der Waals surface area contributed by atoms with Gasteiger partial charge in [0.1, 0.15) is 17.3 Å². The third kappa shape index (κ3) is 5.45. The van der Waals surface area contributed by atoms with Gasteiger partial charge in [0.15, 0.2) is 5.69 Å². The van der Waals surface area contributed by atoms with Crippen LogP contribution in [0, 0.1) is 18.7 Å². The van der Waals surface area contributed by atoms with Gasteiger partial charge >= 0.3 is 6.18 Å². The van der Waals surface area contributed by atoms with Gasteiger partial charge in [-0.15, -0.1) is 11.3 Å². The number of nitrogens with zero attached hydrogens (tertiary/aromatic N) is 4. The molecule has 1 aliphatic heterocycles. The van der Waals surface area contributed by atoms with Gasteiger partial charge in [-0.3, -0.25) is 4.79 Å². The molecule has 192 valence electrons. The molecule has 0 bridgehead atoms. The van der Waals surface area contributed by atoms with Gasteiger partial charge in [-0.05, 0) is 18.9 Å². The molecular weight excluding hydrogens is 508 g/mol. The number of halogens is 6. The minimum Gasteiger partial charge on any atom is -0.367 e. The number of amides is 1. The van der Waals surface area contributed by atoms with E-state index in [4.69, 9.17) is 0 Å². The van der Waals surface area contributed by atoms with Gasteiger partial charge in [-0.2, -0.15) is 13.2 Å². The van der Waals surface area contributed by atoms with Crippen LogP contribution in [0.5, 0.6) is 0 Å². The smallest absolute Gasteiger partial charge is 0.367 e. The molecule has 3 aromatic rings.